The van der Waals surface area contributed by atoms with Crippen LogP contribution >= 0.6 is 11.8 Å². The van der Waals surface area contributed by atoms with Crippen LogP contribution in [0.1, 0.15) is 39.0 Å². The summed E-state index contributed by atoms with van der Waals surface area (Å²) in [7, 11) is 2.01. The number of nitrogens with zero attached hydrogens (tertiary/aromatic N) is 1. The van der Waals surface area contributed by atoms with Gasteiger partial charge in [-0.15, -0.1) is 0 Å². The fraction of sp³-hybridized carbons (Fsp3) is 0.923. The summed E-state index contributed by atoms with van der Waals surface area (Å²) in [4.78, 5) is 14.0. The fourth-order valence-corrected chi connectivity index (χ4v) is 3.10. The molecule has 1 N–H and O–H groups in total. The van der Waals surface area contributed by atoms with Gasteiger partial charge in [0.1, 0.15) is 0 Å². The number of hydrogen-bond acceptors (Lipinski definition) is 3. The topological polar surface area (TPSA) is 32.3 Å². The van der Waals surface area contributed by atoms with Crippen LogP contribution in [0.25, 0.3) is 0 Å². The molecule has 1 aliphatic heterocycles. The lowest BCUT2D eigenvalue weighted by Crippen LogP contribution is -2.44. The van der Waals surface area contributed by atoms with E-state index in [1.807, 2.05) is 23.7 Å². The Labute approximate surface area is 110 Å². The molecule has 1 heterocycles. The van der Waals surface area contributed by atoms with Gasteiger partial charge in [0.15, 0.2) is 0 Å². The highest BCUT2D eigenvalue weighted by Gasteiger charge is 2.20. The Morgan fingerprint density at radius 2 is 2.06 bits per heavy atom. The first kappa shape index (κ1) is 14.8. The Bertz CT molecular complexity index is 215. The predicted molar refractivity (Wildman–Crippen MR) is 75.5 cm³/mol. The third kappa shape index (κ3) is 5.77. The van der Waals surface area contributed by atoms with Gasteiger partial charge in [-0.1, -0.05) is 13.3 Å². The summed E-state index contributed by atoms with van der Waals surface area (Å²) < 4.78 is 0. The van der Waals surface area contributed by atoms with Crippen LogP contribution in [0.3, 0.4) is 0 Å². The molecule has 1 aliphatic rings. The summed E-state index contributed by atoms with van der Waals surface area (Å²) >= 11 is 1.92. The molecule has 1 rings (SSSR count). The number of thioether (sulfide) groups is 1. The minimum absolute atomic E-state index is 0.351. The normalized spacial score (nSPS) is 17.4. The van der Waals surface area contributed by atoms with Gasteiger partial charge in [0, 0.05) is 31.3 Å². The van der Waals surface area contributed by atoms with E-state index < -0.39 is 0 Å². The second-order valence-corrected chi connectivity index (χ2v) is 5.88. The number of nitrogens with one attached hydrogen (secondary N) is 1. The Morgan fingerprint density at radius 1 is 1.35 bits per heavy atom. The molecule has 0 saturated carbocycles. The summed E-state index contributed by atoms with van der Waals surface area (Å²) in [6.07, 6.45) is 5.44. The average molecular weight is 258 g/mol. The van der Waals surface area contributed by atoms with E-state index in [-0.39, 0.29) is 0 Å². The highest BCUT2D eigenvalue weighted by Crippen LogP contribution is 2.13. The number of rotatable bonds is 7. The van der Waals surface area contributed by atoms with E-state index in [0.29, 0.717) is 11.9 Å². The zero-order valence-corrected chi connectivity index (χ0v) is 12.0. The number of amides is 1. The van der Waals surface area contributed by atoms with E-state index in [0.717, 1.165) is 38.1 Å². The first-order valence-corrected chi connectivity index (χ1v) is 7.96. The molecule has 0 aromatic carbocycles. The second-order valence-electron chi connectivity index (χ2n) is 4.66. The number of hydrogen-bond donors (Lipinski definition) is 1. The lowest BCUT2D eigenvalue weighted by atomic mass is 10.1. The lowest BCUT2D eigenvalue weighted by molar-refractivity contribution is -0.131. The number of carbonyl (C=O) groups excluding carboxylic acids is 1. The van der Waals surface area contributed by atoms with E-state index in [1.165, 1.54) is 18.6 Å². The number of piperidine rings is 1. The molecule has 4 heteroatoms. The quantitative estimate of drug-likeness (QED) is 0.710. The maximum atomic E-state index is 11.9. The van der Waals surface area contributed by atoms with Crippen LogP contribution in [-0.2, 0) is 4.79 Å². The van der Waals surface area contributed by atoms with Crippen LogP contribution in [0.5, 0.6) is 0 Å². The van der Waals surface area contributed by atoms with Gasteiger partial charge in [0.05, 0.1) is 0 Å². The molecule has 0 bridgehead atoms. The maximum Gasteiger partial charge on any atom is 0.223 e. The monoisotopic (exact) mass is 258 g/mol. The minimum atomic E-state index is 0.351. The molecule has 1 amide bonds. The van der Waals surface area contributed by atoms with Crippen molar-refractivity contribution in [2.24, 2.45) is 0 Å². The molecule has 0 radical (unpaired) electrons. The molecule has 0 aromatic rings. The van der Waals surface area contributed by atoms with E-state index >= 15 is 0 Å². The zero-order valence-electron chi connectivity index (χ0n) is 11.2. The highest BCUT2D eigenvalue weighted by atomic mass is 32.2. The first-order valence-electron chi connectivity index (χ1n) is 6.80. The Balaban J connectivity index is 2.08. The van der Waals surface area contributed by atoms with E-state index in [2.05, 4.69) is 12.2 Å². The standard InChI is InChI=1S/C13H26N2OS/c1-3-4-10-17-11-7-13(16)15-8-5-12(14-2)6-9-15/h12,14H,3-11H2,1-2H3. The summed E-state index contributed by atoms with van der Waals surface area (Å²) in [6.45, 7) is 4.07. The van der Waals surface area contributed by atoms with Gasteiger partial charge >= 0.3 is 0 Å². The van der Waals surface area contributed by atoms with Crippen molar-refractivity contribution in [2.75, 3.05) is 31.6 Å². The van der Waals surface area contributed by atoms with Gasteiger partial charge in [0.25, 0.3) is 0 Å². The van der Waals surface area contributed by atoms with Gasteiger partial charge in [-0.2, -0.15) is 11.8 Å². The first-order chi connectivity index (χ1) is 8.27. The van der Waals surface area contributed by atoms with Crippen LogP contribution in [-0.4, -0.2) is 48.5 Å². The summed E-state index contributed by atoms with van der Waals surface area (Å²) in [5.74, 6) is 2.54. The fourth-order valence-electron chi connectivity index (χ4n) is 2.08. The van der Waals surface area contributed by atoms with Crippen molar-refractivity contribution in [3.05, 3.63) is 0 Å². The molecule has 0 atom stereocenters. The molecule has 3 nitrogen and oxygen atoms in total. The zero-order chi connectivity index (χ0) is 12.5. The molecule has 0 aromatic heterocycles. The lowest BCUT2D eigenvalue weighted by Gasteiger charge is -2.31. The van der Waals surface area contributed by atoms with Gasteiger partial charge in [-0.25, -0.2) is 0 Å². The molecule has 1 saturated heterocycles. The van der Waals surface area contributed by atoms with E-state index in [1.54, 1.807) is 0 Å². The van der Waals surface area contributed by atoms with Gasteiger partial charge in [-0.3, -0.25) is 4.79 Å². The van der Waals surface area contributed by atoms with Crippen molar-refractivity contribution in [1.29, 1.82) is 0 Å². The van der Waals surface area contributed by atoms with Crippen molar-refractivity contribution in [3.8, 4) is 0 Å². The Kier molecular flexibility index (Phi) is 7.69. The van der Waals surface area contributed by atoms with Crippen LogP contribution in [0, 0.1) is 0 Å². The van der Waals surface area contributed by atoms with Gasteiger partial charge in [0.2, 0.25) is 5.91 Å². The van der Waals surface area contributed by atoms with Crippen molar-refractivity contribution < 1.29 is 4.79 Å². The van der Waals surface area contributed by atoms with Crippen LogP contribution in [0.15, 0.2) is 0 Å². The summed E-state index contributed by atoms with van der Waals surface area (Å²) in [6, 6.07) is 0.609. The minimum Gasteiger partial charge on any atom is -0.343 e. The number of likely N-dealkylation sites (tertiary alicyclic amines) is 1. The molecule has 17 heavy (non-hydrogen) atoms. The highest BCUT2D eigenvalue weighted by molar-refractivity contribution is 7.99. The molecular formula is C13H26N2OS. The predicted octanol–water partition coefficient (Wildman–Crippen LogP) is 2.12. The Morgan fingerprint density at radius 3 is 2.65 bits per heavy atom. The van der Waals surface area contributed by atoms with E-state index in [9.17, 15) is 4.79 Å². The summed E-state index contributed by atoms with van der Waals surface area (Å²) in [5, 5.41) is 3.29. The second kappa shape index (κ2) is 8.81. The largest absolute Gasteiger partial charge is 0.343 e. The smallest absolute Gasteiger partial charge is 0.223 e. The van der Waals surface area contributed by atoms with Crippen molar-refractivity contribution in [2.45, 2.75) is 45.1 Å². The molecule has 0 aliphatic carbocycles. The number of carbonyl (C=O) groups is 1. The summed E-state index contributed by atoms with van der Waals surface area (Å²) in [5.41, 5.74) is 0. The third-order valence-electron chi connectivity index (χ3n) is 3.36. The molecular weight excluding hydrogens is 232 g/mol. The number of unbranched alkanes of at least 4 members (excludes halogenated alkanes) is 1. The molecule has 1 fully saturated rings. The molecule has 0 spiro atoms. The molecule has 0 unspecified atom stereocenters. The van der Waals surface area contributed by atoms with Crippen LogP contribution in [0.2, 0.25) is 0 Å². The molecule has 100 valence electrons. The van der Waals surface area contributed by atoms with Crippen molar-refractivity contribution >= 4 is 17.7 Å². The third-order valence-corrected chi connectivity index (χ3v) is 4.43. The van der Waals surface area contributed by atoms with Gasteiger partial charge in [-0.05, 0) is 32.1 Å². The van der Waals surface area contributed by atoms with Gasteiger partial charge < -0.3 is 10.2 Å². The van der Waals surface area contributed by atoms with Crippen LogP contribution in [0.4, 0.5) is 0 Å². The SMILES string of the molecule is CCCCSCCC(=O)N1CCC(NC)CC1. The van der Waals surface area contributed by atoms with Crippen molar-refractivity contribution in [3.63, 3.8) is 0 Å². The maximum absolute atomic E-state index is 11.9. The van der Waals surface area contributed by atoms with E-state index in [4.69, 9.17) is 0 Å². The Hall–Kier alpha value is -0.220. The van der Waals surface area contributed by atoms with Crippen LogP contribution < -0.4 is 5.32 Å². The van der Waals surface area contributed by atoms with Crippen molar-refractivity contribution in [1.82, 2.24) is 10.2 Å². The average Bonchev–Trinajstić information content (AvgIpc) is 2.38.